The number of amides is 2. The summed E-state index contributed by atoms with van der Waals surface area (Å²) >= 11 is 0. The molecule has 3 aromatic rings. The van der Waals surface area contributed by atoms with Crippen molar-refractivity contribution in [3.8, 4) is 11.1 Å². The first-order valence-electron chi connectivity index (χ1n) is 8.14. The van der Waals surface area contributed by atoms with Crippen molar-refractivity contribution in [1.82, 2.24) is 25.2 Å². The van der Waals surface area contributed by atoms with Gasteiger partial charge in [-0.3, -0.25) is 4.98 Å². The Labute approximate surface area is 146 Å². The third-order valence-electron chi connectivity index (χ3n) is 4.08. The van der Waals surface area contributed by atoms with E-state index in [1.54, 1.807) is 12.4 Å². The molecule has 0 aliphatic carbocycles. The molecule has 6 heteroatoms. The van der Waals surface area contributed by atoms with Gasteiger partial charge in [0.15, 0.2) is 0 Å². The first kappa shape index (κ1) is 16.7. The second-order valence-corrected chi connectivity index (χ2v) is 5.87. The van der Waals surface area contributed by atoms with Gasteiger partial charge in [-0.15, -0.1) is 0 Å². The Morgan fingerprint density at radius 2 is 1.96 bits per heavy atom. The lowest BCUT2D eigenvalue weighted by atomic mass is 10.0. The van der Waals surface area contributed by atoms with Crippen molar-refractivity contribution < 1.29 is 4.79 Å². The number of urea groups is 1. The normalized spacial score (nSPS) is 11.8. The zero-order valence-electron chi connectivity index (χ0n) is 14.3. The minimum Gasteiger partial charge on any atom is -0.337 e. The van der Waals surface area contributed by atoms with Gasteiger partial charge in [-0.2, -0.15) is 0 Å². The van der Waals surface area contributed by atoms with E-state index in [9.17, 15) is 4.79 Å². The van der Waals surface area contributed by atoms with Gasteiger partial charge in [0.2, 0.25) is 0 Å². The Morgan fingerprint density at radius 1 is 1.16 bits per heavy atom. The van der Waals surface area contributed by atoms with E-state index in [4.69, 9.17) is 0 Å². The molecule has 6 nitrogen and oxygen atoms in total. The molecule has 128 valence electrons. The van der Waals surface area contributed by atoms with Gasteiger partial charge >= 0.3 is 6.03 Å². The van der Waals surface area contributed by atoms with Crippen LogP contribution in [0.3, 0.4) is 0 Å². The number of aromatic nitrogens is 3. The van der Waals surface area contributed by atoms with Crippen LogP contribution in [0.4, 0.5) is 4.79 Å². The molecule has 1 aromatic carbocycles. The number of nitrogens with one attached hydrogen (secondary N) is 2. The van der Waals surface area contributed by atoms with E-state index < -0.39 is 0 Å². The fourth-order valence-electron chi connectivity index (χ4n) is 2.55. The van der Waals surface area contributed by atoms with Crippen molar-refractivity contribution in [3.05, 3.63) is 72.6 Å². The molecule has 2 amide bonds. The van der Waals surface area contributed by atoms with Crippen molar-refractivity contribution in [2.75, 3.05) is 0 Å². The van der Waals surface area contributed by atoms with Crippen LogP contribution in [0.15, 0.2) is 61.2 Å². The van der Waals surface area contributed by atoms with Crippen molar-refractivity contribution in [1.29, 1.82) is 0 Å². The van der Waals surface area contributed by atoms with Crippen LogP contribution in [0.25, 0.3) is 11.1 Å². The molecule has 0 unspecified atom stereocenters. The van der Waals surface area contributed by atoms with Crippen molar-refractivity contribution >= 4 is 6.03 Å². The van der Waals surface area contributed by atoms with Crippen molar-refractivity contribution in [2.24, 2.45) is 7.05 Å². The van der Waals surface area contributed by atoms with Crippen LogP contribution in [0.2, 0.25) is 0 Å². The minimum atomic E-state index is -0.216. The molecule has 2 heterocycles. The standard InChI is InChI=1S/C19H21N5O/c1-14(23-19(25)22-13-18-21-10-11-24(18)2)15-5-7-16(8-6-15)17-4-3-9-20-12-17/h3-12,14H,13H2,1-2H3,(H2,22,23,25)/t14-/m0/s1. The molecular weight excluding hydrogens is 314 g/mol. The van der Waals surface area contributed by atoms with Crippen LogP contribution < -0.4 is 10.6 Å². The van der Waals surface area contributed by atoms with Crippen LogP contribution in [0.1, 0.15) is 24.4 Å². The number of imidazole rings is 1. The predicted molar refractivity (Wildman–Crippen MR) is 96.7 cm³/mol. The van der Waals surface area contributed by atoms with E-state index in [-0.39, 0.29) is 12.1 Å². The Morgan fingerprint density at radius 3 is 2.60 bits per heavy atom. The lowest BCUT2D eigenvalue weighted by Gasteiger charge is -2.15. The number of aryl methyl sites for hydroxylation is 1. The summed E-state index contributed by atoms with van der Waals surface area (Å²) in [6, 6.07) is 11.7. The summed E-state index contributed by atoms with van der Waals surface area (Å²) in [5.74, 6) is 0.809. The average Bonchev–Trinajstić information content (AvgIpc) is 3.06. The maximum atomic E-state index is 12.1. The summed E-state index contributed by atoms with van der Waals surface area (Å²) in [5.41, 5.74) is 3.21. The quantitative estimate of drug-likeness (QED) is 0.753. The number of carbonyl (C=O) groups is 1. The zero-order valence-corrected chi connectivity index (χ0v) is 14.3. The molecule has 0 aliphatic rings. The summed E-state index contributed by atoms with van der Waals surface area (Å²) in [5, 5.41) is 5.76. The van der Waals surface area contributed by atoms with Gasteiger partial charge in [0, 0.05) is 31.8 Å². The van der Waals surface area contributed by atoms with E-state index in [0.29, 0.717) is 6.54 Å². The number of benzene rings is 1. The van der Waals surface area contributed by atoms with Crippen LogP contribution >= 0.6 is 0 Å². The van der Waals surface area contributed by atoms with Gasteiger partial charge in [0.05, 0.1) is 12.6 Å². The maximum absolute atomic E-state index is 12.1. The highest BCUT2D eigenvalue weighted by Crippen LogP contribution is 2.21. The summed E-state index contributed by atoms with van der Waals surface area (Å²) < 4.78 is 1.88. The third-order valence-corrected chi connectivity index (χ3v) is 4.08. The van der Waals surface area contributed by atoms with E-state index in [0.717, 1.165) is 22.5 Å². The Bertz CT molecular complexity index is 827. The molecule has 3 rings (SSSR count). The lowest BCUT2D eigenvalue weighted by Crippen LogP contribution is -2.37. The second kappa shape index (κ2) is 7.61. The van der Waals surface area contributed by atoms with Gasteiger partial charge in [-0.05, 0) is 29.7 Å². The van der Waals surface area contributed by atoms with Crippen molar-refractivity contribution in [3.63, 3.8) is 0 Å². The lowest BCUT2D eigenvalue weighted by molar-refractivity contribution is 0.237. The van der Waals surface area contributed by atoms with Gasteiger partial charge in [0.25, 0.3) is 0 Å². The highest BCUT2D eigenvalue weighted by Gasteiger charge is 2.10. The molecule has 0 fully saturated rings. The van der Waals surface area contributed by atoms with Gasteiger partial charge in [-0.25, -0.2) is 9.78 Å². The Balaban J connectivity index is 1.56. The molecular formula is C19H21N5O. The second-order valence-electron chi connectivity index (χ2n) is 5.87. The summed E-state index contributed by atoms with van der Waals surface area (Å²) in [6.07, 6.45) is 7.15. The largest absolute Gasteiger partial charge is 0.337 e. The molecule has 0 saturated carbocycles. The predicted octanol–water partition coefficient (Wildman–Crippen LogP) is 3.04. The summed E-state index contributed by atoms with van der Waals surface area (Å²) in [6.45, 7) is 2.35. The van der Waals surface area contributed by atoms with Crippen LogP contribution in [0.5, 0.6) is 0 Å². The molecule has 1 atom stereocenters. The molecule has 0 saturated heterocycles. The maximum Gasteiger partial charge on any atom is 0.315 e. The monoisotopic (exact) mass is 335 g/mol. The van der Waals surface area contributed by atoms with Gasteiger partial charge in [-0.1, -0.05) is 30.3 Å². The summed E-state index contributed by atoms with van der Waals surface area (Å²) in [4.78, 5) is 20.4. The minimum absolute atomic E-state index is 0.0932. The van der Waals surface area contributed by atoms with E-state index in [1.807, 2.05) is 67.3 Å². The van der Waals surface area contributed by atoms with Crippen molar-refractivity contribution in [2.45, 2.75) is 19.5 Å². The Kier molecular flexibility index (Phi) is 5.09. The average molecular weight is 335 g/mol. The molecule has 0 bridgehead atoms. The van der Waals surface area contributed by atoms with Crippen LogP contribution in [-0.4, -0.2) is 20.6 Å². The fourth-order valence-corrected chi connectivity index (χ4v) is 2.55. The highest BCUT2D eigenvalue weighted by molar-refractivity contribution is 5.74. The van der Waals surface area contributed by atoms with Crippen LogP contribution in [0, 0.1) is 0 Å². The first-order chi connectivity index (χ1) is 12.1. The third kappa shape index (κ3) is 4.23. The number of hydrogen-bond donors (Lipinski definition) is 2. The molecule has 2 aromatic heterocycles. The molecule has 2 N–H and O–H groups in total. The van der Waals surface area contributed by atoms with Gasteiger partial charge in [0.1, 0.15) is 5.82 Å². The van der Waals surface area contributed by atoms with E-state index >= 15 is 0 Å². The van der Waals surface area contributed by atoms with Crippen LogP contribution in [-0.2, 0) is 13.6 Å². The molecule has 0 aliphatic heterocycles. The Hall–Kier alpha value is -3.15. The van der Waals surface area contributed by atoms with E-state index in [2.05, 4.69) is 20.6 Å². The number of pyridine rings is 1. The fraction of sp³-hybridized carbons (Fsp3) is 0.211. The molecule has 0 spiro atoms. The topological polar surface area (TPSA) is 71.8 Å². The number of nitrogens with zero attached hydrogens (tertiary/aromatic N) is 3. The highest BCUT2D eigenvalue weighted by atomic mass is 16.2. The SMILES string of the molecule is C[C@H](NC(=O)NCc1nccn1C)c1ccc(-c2cccnc2)cc1. The van der Waals surface area contributed by atoms with E-state index in [1.165, 1.54) is 0 Å². The first-order valence-corrected chi connectivity index (χ1v) is 8.14. The molecule has 25 heavy (non-hydrogen) atoms. The molecule has 0 radical (unpaired) electrons. The smallest absolute Gasteiger partial charge is 0.315 e. The zero-order chi connectivity index (χ0) is 17.6. The number of hydrogen-bond acceptors (Lipinski definition) is 3. The number of rotatable bonds is 5. The summed E-state index contributed by atoms with van der Waals surface area (Å²) in [7, 11) is 1.90. The number of carbonyl (C=O) groups excluding carboxylic acids is 1. The van der Waals surface area contributed by atoms with Gasteiger partial charge < -0.3 is 15.2 Å².